The number of anilines is 1. The van der Waals surface area contributed by atoms with Crippen molar-refractivity contribution in [3.8, 4) is 0 Å². The lowest BCUT2D eigenvalue weighted by atomic mass is 9.71. The molecule has 1 fully saturated rings. The summed E-state index contributed by atoms with van der Waals surface area (Å²) in [4.78, 5) is 4.80. The van der Waals surface area contributed by atoms with E-state index in [1.807, 2.05) is 24.3 Å². The highest BCUT2D eigenvalue weighted by molar-refractivity contribution is 6.30. The van der Waals surface area contributed by atoms with Gasteiger partial charge in [-0.2, -0.15) is 0 Å². The van der Waals surface area contributed by atoms with E-state index in [1.54, 1.807) is 0 Å². The van der Waals surface area contributed by atoms with Gasteiger partial charge >= 0.3 is 0 Å². The average Bonchev–Trinajstić information content (AvgIpc) is 2.62. The van der Waals surface area contributed by atoms with Gasteiger partial charge in [0.15, 0.2) is 11.6 Å². The zero-order chi connectivity index (χ0) is 18.1. The number of nitrogens with one attached hydrogen (secondary N) is 1. The summed E-state index contributed by atoms with van der Waals surface area (Å²) >= 11 is 6.05. The van der Waals surface area contributed by atoms with E-state index in [0.717, 1.165) is 29.8 Å². The second-order valence-corrected chi connectivity index (χ2v) is 7.35. The van der Waals surface area contributed by atoms with E-state index < -0.39 is 11.6 Å². The number of halogens is 3. The van der Waals surface area contributed by atoms with Crippen LogP contribution in [0.15, 0.2) is 41.4 Å². The first-order valence-corrected chi connectivity index (χ1v) is 9.06. The summed E-state index contributed by atoms with van der Waals surface area (Å²) in [6.45, 7) is 1.75. The average molecular weight is 377 g/mol. The molecule has 26 heavy (non-hydrogen) atoms. The summed E-state index contributed by atoms with van der Waals surface area (Å²) in [5, 5.41) is 3.93. The molecule has 0 bridgehead atoms. The van der Waals surface area contributed by atoms with Crippen molar-refractivity contribution in [2.24, 2.45) is 10.4 Å². The fraction of sp³-hybridized carbons (Fsp3) is 0.350. The van der Waals surface area contributed by atoms with Crippen LogP contribution >= 0.6 is 11.6 Å². The lowest BCUT2D eigenvalue weighted by Crippen LogP contribution is -2.46. The van der Waals surface area contributed by atoms with Gasteiger partial charge in [-0.1, -0.05) is 23.7 Å². The van der Waals surface area contributed by atoms with Crippen LogP contribution in [0.25, 0.3) is 0 Å². The summed E-state index contributed by atoms with van der Waals surface area (Å²) in [5.41, 5.74) is 2.15. The summed E-state index contributed by atoms with van der Waals surface area (Å²) in [6, 6.07) is 10.1. The molecule has 6 heteroatoms. The third kappa shape index (κ3) is 3.33. The minimum absolute atomic E-state index is 0.228. The molecule has 2 aliphatic rings. The second kappa shape index (κ2) is 6.97. The molecule has 1 spiro atoms. The van der Waals surface area contributed by atoms with Crippen LogP contribution in [0.3, 0.4) is 0 Å². The standard InChI is InChI=1S/C20H19ClF2N2O/c21-15-3-1-2-13(8-15)12-24-19-20(4-6-26-7-5-20)11-14-9-16(22)17(23)10-18(14)25-19/h1-3,8-10H,4-7,11-12H2,(H,24,25). The maximum atomic E-state index is 13.7. The molecule has 2 aromatic rings. The minimum Gasteiger partial charge on any atom is -0.381 e. The Morgan fingerprint density at radius 3 is 2.65 bits per heavy atom. The molecule has 4 rings (SSSR count). The molecule has 0 radical (unpaired) electrons. The Morgan fingerprint density at radius 2 is 1.88 bits per heavy atom. The normalized spacial score (nSPS) is 20.0. The van der Waals surface area contributed by atoms with E-state index in [4.69, 9.17) is 21.3 Å². The third-order valence-corrected chi connectivity index (χ3v) is 5.42. The molecule has 0 amide bonds. The van der Waals surface area contributed by atoms with Crippen LogP contribution in [0.2, 0.25) is 5.02 Å². The smallest absolute Gasteiger partial charge is 0.160 e. The lowest BCUT2D eigenvalue weighted by molar-refractivity contribution is 0.0448. The number of fused-ring (bicyclic) bond motifs is 1. The van der Waals surface area contributed by atoms with Crippen molar-refractivity contribution in [2.45, 2.75) is 25.8 Å². The molecule has 1 saturated heterocycles. The summed E-state index contributed by atoms with van der Waals surface area (Å²) in [5.74, 6) is -0.847. The quantitative estimate of drug-likeness (QED) is 0.801. The van der Waals surface area contributed by atoms with E-state index >= 15 is 0 Å². The van der Waals surface area contributed by atoms with Crippen molar-refractivity contribution in [2.75, 3.05) is 18.5 Å². The predicted molar refractivity (Wildman–Crippen MR) is 98.8 cm³/mol. The van der Waals surface area contributed by atoms with Crippen LogP contribution < -0.4 is 5.32 Å². The SMILES string of the molecule is Fc1cc2c(cc1F)NC(=NCc1cccc(Cl)c1)C1(CCOCC1)C2. The van der Waals surface area contributed by atoms with Crippen molar-refractivity contribution in [3.05, 3.63) is 64.2 Å². The van der Waals surface area contributed by atoms with Gasteiger partial charge < -0.3 is 10.1 Å². The number of nitrogens with zero attached hydrogens (tertiary/aromatic N) is 1. The number of aliphatic imine (C=N–C) groups is 1. The number of rotatable bonds is 2. The van der Waals surface area contributed by atoms with E-state index in [9.17, 15) is 8.78 Å². The van der Waals surface area contributed by atoms with E-state index in [-0.39, 0.29) is 5.41 Å². The van der Waals surface area contributed by atoms with Gasteiger partial charge in [-0.05, 0) is 48.6 Å². The highest BCUT2D eigenvalue weighted by Crippen LogP contribution is 2.42. The highest BCUT2D eigenvalue weighted by Gasteiger charge is 2.42. The molecule has 2 heterocycles. The third-order valence-electron chi connectivity index (χ3n) is 5.19. The fourth-order valence-electron chi connectivity index (χ4n) is 3.75. The molecular formula is C20H19ClF2N2O. The molecule has 0 aromatic heterocycles. The summed E-state index contributed by atoms with van der Waals surface area (Å²) in [7, 11) is 0. The van der Waals surface area contributed by atoms with E-state index in [0.29, 0.717) is 36.9 Å². The largest absolute Gasteiger partial charge is 0.381 e. The van der Waals surface area contributed by atoms with Gasteiger partial charge in [0.2, 0.25) is 0 Å². The summed E-state index contributed by atoms with van der Waals surface area (Å²) < 4.78 is 32.9. The van der Waals surface area contributed by atoms with Crippen molar-refractivity contribution in [1.82, 2.24) is 0 Å². The molecule has 2 aliphatic heterocycles. The number of hydrogen-bond donors (Lipinski definition) is 1. The predicted octanol–water partition coefficient (Wildman–Crippen LogP) is 4.98. The molecule has 0 aliphatic carbocycles. The zero-order valence-corrected chi connectivity index (χ0v) is 15.0. The van der Waals surface area contributed by atoms with Gasteiger partial charge in [-0.25, -0.2) is 8.78 Å². The number of ether oxygens (including phenoxy) is 1. The first-order chi connectivity index (χ1) is 12.6. The zero-order valence-electron chi connectivity index (χ0n) is 14.2. The summed E-state index contributed by atoms with van der Waals surface area (Å²) in [6.07, 6.45) is 2.23. The monoisotopic (exact) mass is 376 g/mol. The molecule has 0 saturated carbocycles. The second-order valence-electron chi connectivity index (χ2n) is 6.91. The van der Waals surface area contributed by atoms with Crippen molar-refractivity contribution in [1.29, 1.82) is 0 Å². The van der Waals surface area contributed by atoms with Gasteiger partial charge in [0.05, 0.1) is 6.54 Å². The molecule has 0 atom stereocenters. The Kier molecular flexibility index (Phi) is 4.67. The molecule has 0 unspecified atom stereocenters. The van der Waals surface area contributed by atoms with Crippen LogP contribution in [0.5, 0.6) is 0 Å². The van der Waals surface area contributed by atoms with Crippen LogP contribution in [-0.2, 0) is 17.7 Å². The Hall–Kier alpha value is -1.98. The molecule has 136 valence electrons. The Balaban J connectivity index is 1.70. The van der Waals surface area contributed by atoms with Gasteiger partial charge in [0.25, 0.3) is 0 Å². The van der Waals surface area contributed by atoms with Crippen molar-refractivity contribution in [3.63, 3.8) is 0 Å². The maximum Gasteiger partial charge on any atom is 0.160 e. The Morgan fingerprint density at radius 1 is 1.12 bits per heavy atom. The van der Waals surface area contributed by atoms with E-state index in [2.05, 4.69) is 5.32 Å². The minimum atomic E-state index is -0.853. The Labute approximate surface area is 156 Å². The number of benzene rings is 2. The topological polar surface area (TPSA) is 33.6 Å². The number of amidine groups is 1. The van der Waals surface area contributed by atoms with Crippen molar-refractivity contribution < 1.29 is 13.5 Å². The first-order valence-electron chi connectivity index (χ1n) is 8.68. The van der Waals surface area contributed by atoms with Crippen LogP contribution in [0, 0.1) is 17.0 Å². The van der Waals surface area contributed by atoms with Crippen LogP contribution in [0.4, 0.5) is 14.5 Å². The van der Waals surface area contributed by atoms with Crippen LogP contribution in [-0.4, -0.2) is 19.0 Å². The molecule has 2 aromatic carbocycles. The van der Waals surface area contributed by atoms with E-state index in [1.165, 1.54) is 12.1 Å². The maximum absolute atomic E-state index is 13.7. The van der Waals surface area contributed by atoms with Gasteiger partial charge in [0, 0.05) is 35.4 Å². The number of hydrogen-bond acceptors (Lipinski definition) is 2. The Bertz CT molecular complexity index is 863. The molecular weight excluding hydrogens is 358 g/mol. The fourth-order valence-corrected chi connectivity index (χ4v) is 3.96. The highest BCUT2D eigenvalue weighted by atomic mass is 35.5. The lowest BCUT2D eigenvalue weighted by Gasteiger charge is -2.42. The van der Waals surface area contributed by atoms with Gasteiger partial charge in [0.1, 0.15) is 5.84 Å². The van der Waals surface area contributed by atoms with Crippen LogP contribution in [0.1, 0.15) is 24.0 Å². The molecule has 1 N–H and O–H groups in total. The first kappa shape index (κ1) is 17.4. The molecule has 3 nitrogen and oxygen atoms in total. The van der Waals surface area contributed by atoms with Gasteiger partial charge in [-0.3, -0.25) is 4.99 Å². The van der Waals surface area contributed by atoms with Crippen molar-refractivity contribution >= 4 is 23.1 Å². The van der Waals surface area contributed by atoms with Gasteiger partial charge in [-0.15, -0.1) is 0 Å².